The molecule has 34 heavy (non-hydrogen) atoms. The lowest BCUT2D eigenvalue weighted by Crippen LogP contribution is -2.48. The summed E-state index contributed by atoms with van der Waals surface area (Å²) in [6.45, 7) is 4.46. The number of aromatic carboxylic acids is 1. The number of nitrogens with one attached hydrogen (secondary N) is 2. The number of nitro groups is 1. The van der Waals surface area contributed by atoms with Gasteiger partial charge in [0.05, 0.1) is 27.3 Å². The molecule has 0 spiro atoms. The summed E-state index contributed by atoms with van der Waals surface area (Å²) in [6, 6.07) is 8.84. The van der Waals surface area contributed by atoms with Gasteiger partial charge in [0, 0.05) is 6.07 Å². The van der Waals surface area contributed by atoms with E-state index in [1.54, 1.807) is 6.21 Å². The first-order valence-electron chi connectivity index (χ1n) is 10.6. The minimum absolute atomic E-state index is 0.0355. The molecule has 0 unspecified atom stereocenters. The highest BCUT2D eigenvalue weighted by atomic mass is 32.2. The highest BCUT2D eigenvalue weighted by Crippen LogP contribution is 2.58. The second-order valence-electron chi connectivity index (χ2n) is 9.01. The molecular weight excluding hydrogens is 460 g/mol. The Kier molecular flexibility index (Phi) is 5.90. The second kappa shape index (κ2) is 8.56. The lowest BCUT2D eigenvalue weighted by Gasteiger charge is -2.55. The van der Waals surface area contributed by atoms with Gasteiger partial charge in [-0.15, -0.1) is 0 Å². The third-order valence-corrected chi connectivity index (χ3v) is 8.15. The predicted octanol–water partition coefficient (Wildman–Crippen LogP) is 4.48. The minimum atomic E-state index is -4.29. The number of sulfonamides is 1. The first-order chi connectivity index (χ1) is 16.0. The van der Waals surface area contributed by atoms with E-state index in [0.29, 0.717) is 11.8 Å². The number of carboxylic acid groups (broad SMARTS) is 1. The normalized spacial score (nSPS) is 20.8. The number of rotatable bonds is 8. The van der Waals surface area contributed by atoms with Gasteiger partial charge in [0.2, 0.25) is 0 Å². The fraction of sp³-hybridized carbons (Fsp3) is 0.304. The van der Waals surface area contributed by atoms with Crippen molar-refractivity contribution in [2.24, 2.45) is 22.4 Å². The largest absolute Gasteiger partial charge is 0.478 e. The number of hydrogen-bond donors (Lipinski definition) is 3. The van der Waals surface area contributed by atoms with Gasteiger partial charge in [0.15, 0.2) is 0 Å². The molecule has 2 aromatic rings. The number of carbonyl (C=O) groups is 1. The first kappa shape index (κ1) is 23.4. The molecule has 0 heterocycles. The van der Waals surface area contributed by atoms with Crippen LogP contribution in [0.15, 0.2) is 64.1 Å². The van der Waals surface area contributed by atoms with Gasteiger partial charge in [-0.05, 0) is 59.9 Å². The van der Waals surface area contributed by atoms with Crippen molar-refractivity contribution in [1.82, 2.24) is 0 Å². The van der Waals surface area contributed by atoms with E-state index in [2.05, 4.69) is 35.2 Å². The van der Waals surface area contributed by atoms with Gasteiger partial charge in [-0.3, -0.25) is 20.3 Å². The van der Waals surface area contributed by atoms with Gasteiger partial charge in [-0.1, -0.05) is 32.1 Å². The Bertz CT molecular complexity index is 1330. The highest BCUT2D eigenvalue weighted by Gasteiger charge is 2.50. The van der Waals surface area contributed by atoms with Crippen LogP contribution in [-0.2, 0) is 10.0 Å². The fourth-order valence-corrected chi connectivity index (χ4v) is 5.71. The number of fused-ring (bicyclic) bond motifs is 1. The van der Waals surface area contributed by atoms with E-state index < -0.39 is 26.6 Å². The third kappa shape index (κ3) is 4.26. The van der Waals surface area contributed by atoms with Crippen molar-refractivity contribution < 1.29 is 23.2 Å². The molecule has 1 fully saturated rings. The Labute approximate surface area is 196 Å². The number of hydrogen-bond acceptors (Lipinski definition) is 7. The van der Waals surface area contributed by atoms with Gasteiger partial charge in [0.1, 0.15) is 5.69 Å². The van der Waals surface area contributed by atoms with Gasteiger partial charge in [-0.2, -0.15) is 5.10 Å². The maximum Gasteiger partial charge on any atom is 0.337 e. The number of benzene rings is 2. The summed E-state index contributed by atoms with van der Waals surface area (Å²) in [5.41, 5.74) is 3.12. The molecular formula is C23H24N4O6S. The Balaban J connectivity index is 1.55. The van der Waals surface area contributed by atoms with Crippen LogP contribution in [0.3, 0.4) is 0 Å². The van der Waals surface area contributed by atoms with E-state index in [1.165, 1.54) is 36.4 Å². The molecule has 2 bridgehead atoms. The van der Waals surface area contributed by atoms with Crippen molar-refractivity contribution in [3.8, 4) is 0 Å². The van der Waals surface area contributed by atoms with Crippen molar-refractivity contribution in [2.75, 3.05) is 10.1 Å². The van der Waals surface area contributed by atoms with Crippen LogP contribution in [0.5, 0.6) is 0 Å². The molecule has 0 saturated heterocycles. The number of carboxylic acids is 1. The minimum Gasteiger partial charge on any atom is -0.478 e. The van der Waals surface area contributed by atoms with Gasteiger partial charge >= 0.3 is 5.97 Å². The van der Waals surface area contributed by atoms with Gasteiger partial charge in [-0.25, -0.2) is 13.2 Å². The SMILES string of the molecule is CC1(C)[C@@H]2CC=C(/C=N/Nc3ccc(S(=O)(=O)Nc4ccccc4C(=O)O)cc3[N+](=O)[O-])[C@@H]1C2. The summed E-state index contributed by atoms with van der Waals surface area (Å²) >= 11 is 0. The monoisotopic (exact) mass is 484 g/mol. The molecule has 10 nitrogen and oxygen atoms in total. The summed E-state index contributed by atoms with van der Waals surface area (Å²) in [6.07, 6.45) is 5.89. The van der Waals surface area contributed by atoms with Crippen LogP contribution in [0.2, 0.25) is 0 Å². The molecule has 11 heteroatoms. The molecule has 2 atom stereocenters. The zero-order valence-electron chi connectivity index (χ0n) is 18.6. The molecule has 2 aromatic carbocycles. The molecule has 3 aliphatic carbocycles. The summed E-state index contributed by atoms with van der Waals surface area (Å²) in [4.78, 5) is 21.9. The third-order valence-electron chi connectivity index (χ3n) is 6.79. The molecule has 178 valence electrons. The van der Waals surface area contributed by atoms with E-state index in [0.717, 1.165) is 24.5 Å². The van der Waals surface area contributed by atoms with Crippen molar-refractivity contribution in [2.45, 2.75) is 31.6 Å². The second-order valence-corrected chi connectivity index (χ2v) is 10.7. The molecule has 0 aliphatic heterocycles. The molecule has 0 radical (unpaired) electrons. The van der Waals surface area contributed by atoms with Crippen molar-refractivity contribution >= 4 is 39.3 Å². The zero-order valence-corrected chi connectivity index (χ0v) is 19.4. The molecule has 3 N–H and O–H groups in total. The molecule has 5 rings (SSSR count). The van der Waals surface area contributed by atoms with Gasteiger partial charge in [0.25, 0.3) is 15.7 Å². The first-order valence-corrected chi connectivity index (χ1v) is 12.1. The van der Waals surface area contributed by atoms with Crippen LogP contribution >= 0.6 is 0 Å². The number of para-hydroxylation sites is 1. The summed E-state index contributed by atoms with van der Waals surface area (Å²) in [5.74, 6) is -0.232. The lowest BCUT2D eigenvalue weighted by atomic mass is 9.49. The Hall–Kier alpha value is -3.73. The van der Waals surface area contributed by atoms with E-state index >= 15 is 0 Å². The van der Waals surface area contributed by atoms with E-state index in [4.69, 9.17) is 0 Å². The van der Waals surface area contributed by atoms with Crippen LogP contribution in [0, 0.1) is 27.4 Å². The summed E-state index contributed by atoms with van der Waals surface area (Å²) in [7, 11) is -4.29. The Morgan fingerprint density at radius 3 is 2.62 bits per heavy atom. The standard InChI is InChI=1S/C23H24N4O6S/c1-23(2)15-8-7-14(18(23)11-15)13-24-25-20-10-9-16(12-21(20)27(30)31)34(32,33)26-19-6-4-3-5-17(19)22(28)29/h3-7,9-10,12-13,15,18,25-26H,8,11H2,1-2H3,(H,28,29)/b24-13+/t15-,18+/m1/s1. The van der Waals surface area contributed by atoms with Crippen LogP contribution in [0.4, 0.5) is 17.1 Å². The molecule has 0 aromatic heterocycles. The molecule has 3 aliphatic rings. The van der Waals surface area contributed by atoms with Crippen LogP contribution in [0.25, 0.3) is 0 Å². The predicted molar refractivity (Wildman–Crippen MR) is 127 cm³/mol. The molecule has 1 saturated carbocycles. The van der Waals surface area contributed by atoms with Crippen molar-refractivity contribution in [3.63, 3.8) is 0 Å². The molecule has 0 amide bonds. The van der Waals surface area contributed by atoms with Gasteiger partial charge < -0.3 is 5.11 Å². The Morgan fingerprint density at radius 1 is 1.24 bits per heavy atom. The van der Waals surface area contributed by atoms with Crippen LogP contribution in [-0.4, -0.2) is 30.6 Å². The number of anilines is 2. The average Bonchev–Trinajstić information content (AvgIpc) is 2.79. The topological polar surface area (TPSA) is 151 Å². The smallest absolute Gasteiger partial charge is 0.337 e. The maximum atomic E-state index is 12.8. The van der Waals surface area contributed by atoms with Crippen LogP contribution in [0.1, 0.15) is 37.0 Å². The van der Waals surface area contributed by atoms with E-state index in [-0.39, 0.29) is 27.2 Å². The van der Waals surface area contributed by atoms with E-state index in [9.17, 15) is 28.4 Å². The summed E-state index contributed by atoms with van der Waals surface area (Å²) < 4.78 is 27.8. The fourth-order valence-electron chi connectivity index (χ4n) is 4.61. The van der Waals surface area contributed by atoms with E-state index in [1.807, 2.05) is 0 Å². The number of allylic oxidation sites excluding steroid dienone is 2. The number of nitrogens with zero attached hydrogens (tertiary/aromatic N) is 2. The van der Waals surface area contributed by atoms with Crippen LogP contribution < -0.4 is 10.1 Å². The van der Waals surface area contributed by atoms with Crippen molar-refractivity contribution in [3.05, 3.63) is 69.8 Å². The highest BCUT2D eigenvalue weighted by molar-refractivity contribution is 7.92. The summed E-state index contributed by atoms with van der Waals surface area (Å²) in [5, 5.41) is 25.0. The number of nitro benzene ring substituents is 1. The Morgan fingerprint density at radius 2 is 1.97 bits per heavy atom. The lowest BCUT2D eigenvalue weighted by molar-refractivity contribution is -0.384. The zero-order chi connectivity index (χ0) is 24.7. The van der Waals surface area contributed by atoms with Crippen molar-refractivity contribution in [1.29, 1.82) is 0 Å². The average molecular weight is 485 g/mol. The quantitative estimate of drug-likeness (QED) is 0.284. The number of hydrazone groups is 1. The maximum absolute atomic E-state index is 12.8.